The summed E-state index contributed by atoms with van der Waals surface area (Å²) in [5, 5.41) is -0.483. The standard InChI is InChI=1S/C14H8ClF4N3O2S/c15-7-3-9(17)11(4-8(7)16)22-25(23,24)12-5-20-14-6(12)1-2-10(21-14)13(18)19/h1-5,13,22H,(H,20,21). The van der Waals surface area contributed by atoms with E-state index in [2.05, 4.69) is 9.97 Å². The van der Waals surface area contributed by atoms with Gasteiger partial charge in [0.2, 0.25) is 0 Å². The van der Waals surface area contributed by atoms with E-state index in [1.807, 2.05) is 4.72 Å². The van der Waals surface area contributed by atoms with Crippen molar-refractivity contribution < 1.29 is 26.0 Å². The summed E-state index contributed by atoms with van der Waals surface area (Å²) in [6.07, 6.45) is -1.81. The van der Waals surface area contributed by atoms with Crippen LogP contribution in [0.2, 0.25) is 5.02 Å². The van der Waals surface area contributed by atoms with Crippen molar-refractivity contribution in [3.63, 3.8) is 0 Å². The minimum Gasteiger partial charge on any atom is -0.345 e. The number of hydrogen-bond donors (Lipinski definition) is 2. The number of aromatic amines is 1. The van der Waals surface area contributed by atoms with Gasteiger partial charge < -0.3 is 4.98 Å². The van der Waals surface area contributed by atoms with Crippen molar-refractivity contribution in [2.75, 3.05) is 4.72 Å². The van der Waals surface area contributed by atoms with Crippen LogP contribution >= 0.6 is 11.6 Å². The van der Waals surface area contributed by atoms with E-state index in [4.69, 9.17) is 11.6 Å². The van der Waals surface area contributed by atoms with Gasteiger partial charge in [0.25, 0.3) is 16.4 Å². The predicted molar refractivity (Wildman–Crippen MR) is 83.2 cm³/mol. The number of halogens is 5. The molecule has 132 valence electrons. The van der Waals surface area contributed by atoms with Crippen molar-refractivity contribution in [3.8, 4) is 0 Å². The predicted octanol–water partition coefficient (Wildman–Crippen LogP) is 4.23. The minimum atomic E-state index is -4.34. The van der Waals surface area contributed by atoms with Gasteiger partial charge in [0, 0.05) is 17.6 Å². The molecule has 0 fully saturated rings. The first-order valence-corrected chi connectivity index (χ1v) is 8.48. The van der Waals surface area contributed by atoms with E-state index < -0.39 is 44.5 Å². The Labute approximate surface area is 143 Å². The van der Waals surface area contributed by atoms with Crippen molar-refractivity contribution >= 4 is 38.3 Å². The lowest BCUT2D eigenvalue weighted by Crippen LogP contribution is -2.14. The number of nitrogens with one attached hydrogen (secondary N) is 2. The maximum absolute atomic E-state index is 13.8. The van der Waals surface area contributed by atoms with Gasteiger partial charge in [-0.1, -0.05) is 11.6 Å². The zero-order valence-corrected chi connectivity index (χ0v) is 13.6. The van der Waals surface area contributed by atoms with Crippen molar-refractivity contribution in [3.05, 3.63) is 52.8 Å². The number of pyridine rings is 1. The fraction of sp³-hybridized carbons (Fsp3) is 0.0714. The highest BCUT2D eigenvalue weighted by Crippen LogP contribution is 2.29. The number of aromatic nitrogens is 2. The second-order valence-electron chi connectivity index (χ2n) is 4.94. The normalized spacial score (nSPS) is 12.1. The second-order valence-corrected chi connectivity index (χ2v) is 7.00. The van der Waals surface area contributed by atoms with Gasteiger partial charge in [0.15, 0.2) is 0 Å². The lowest BCUT2D eigenvalue weighted by molar-refractivity contribution is 0.146. The third kappa shape index (κ3) is 3.27. The van der Waals surface area contributed by atoms with Crippen molar-refractivity contribution in [2.24, 2.45) is 0 Å². The van der Waals surface area contributed by atoms with Gasteiger partial charge in [-0.15, -0.1) is 0 Å². The van der Waals surface area contributed by atoms with Crippen molar-refractivity contribution in [1.29, 1.82) is 0 Å². The first kappa shape index (κ1) is 17.5. The number of rotatable bonds is 4. The van der Waals surface area contributed by atoms with Crippen molar-refractivity contribution in [1.82, 2.24) is 9.97 Å². The SMILES string of the molecule is O=S(=O)(Nc1cc(F)c(Cl)cc1F)c1c[nH]c2nc(C(F)F)ccc12. The largest absolute Gasteiger partial charge is 0.345 e. The Hall–Kier alpha value is -2.33. The Bertz CT molecular complexity index is 1070. The van der Waals surface area contributed by atoms with Crippen molar-refractivity contribution in [2.45, 2.75) is 11.3 Å². The van der Waals surface area contributed by atoms with E-state index in [0.717, 1.165) is 18.3 Å². The Morgan fingerprint density at radius 1 is 1.16 bits per heavy atom. The molecule has 2 N–H and O–H groups in total. The molecule has 2 heterocycles. The fourth-order valence-corrected chi connectivity index (χ4v) is 3.51. The second kappa shape index (κ2) is 6.19. The molecule has 3 rings (SSSR count). The molecule has 25 heavy (non-hydrogen) atoms. The molecule has 0 atom stereocenters. The quantitative estimate of drug-likeness (QED) is 0.514. The Balaban J connectivity index is 2.03. The first-order chi connectivity index (χ1) is 11.7. The number of anilines is 1. The molecule has 11 heteroatoms. The van der Waals surface area contributed by atoms with Gasteiger partial charge in [-0.05, 0) is 18.2 Å². The molecular formula is C14H8ClF4N3O2S. The monoisotopic (exact) mass is 393 g/mol. The van der Waals surface area contributed by atoms with E-state index in [9.17, 15) is 26.0 Å². The number of sulfonamides is 1. The van der Waals surface area contributed by atoms with Crippen LogP contribution in [0.5, 0.6) is 0 Å². The molecule has 0 saturated carbocycles. The zero-order valence-electron chi connectivity index (χ0n) is 12.0. The fourth-order valence-electron chi connectivity index (χ4n) is 2.14. The third-order valence-electron chi connectivity index (χ3n) is 3.29. The smallest absolute Gasteiger partial charge is 0.280 e. The van der Waals surface area contributed by atoms with Crippen LogP contribution in [0.25, 0.3) is 11.0 Å². The summed E-state index contributed by atoms with van der Waals surface area (Å²) < 4.78 is 79.2. The number of nitrogens with zero attached hydrogens (tertiary/aromatic N) is 1. The topological polar surface area (TPSA) is 74.8 Å². The highest BCUT2D eigenvalue weighted by atomic mass is 35.5. The van der Waals surface area contributed by atoms with E-state index in [0.29, 0.717) is 12.1 Å². The number of benzene rings is 1. The molecule has 0 radical (unpaired) electrons. The summed E-state index contributed by atoms with van der Waals surface area (Å²) in [6, 6.07) is 3.34. The van der Waals surface area contributed by atoms with Crippen LogP contribution in [0.15, 0.2) is 35.4 Å². The highest BCUT2D eigenvalue weighted by molar-refractivity contribution is 7.93. The lowest BCUT2D eigenvalue weighted by Gasteiger charge is -2.09. The summed E-state index contributed by atoms with van der Waals surface area (Å²) in [5.41, 5.74) is -1.26. The zero-order chi connectivity index (χ0) is 18.4. The molecular weight excluding hydrogens is 386 g/mol. The van der Waals surface area contributed by atoms with Crippen LogP contribution < -0.4 is 4.72 Å². The molecule has 0 bridgehead atoms. The van der Waals surface area contributed by atoms with Gasteiger partial charge in [0.1, 0.15) is 27.9 Å². The van der Waals surface area contributed by atoms with Gasteiger partial charge in [-0.3, -0.25) is 4.72 Å². The Kier molecular flexibility index (Phi) is 4.33. The Morgan fingerprint density at radius 2 is 1.88 bits per heavy atom. The number of hydrogen-bond acceptors (Lipinski definition) is 3. The molecule has 0 amide bonds. The maximum atomic E-state index is 13.8. The average Bonchev–Trinajstić information content (AvgIpc) is 2.96. The average molecular weight is 394 g/mol. The van der Waals surface area contributed by atoms with E-state index >= 15 is 0 Å². The van der Waals surface area contributed by atoms with Gasteiger partial charge in [-0.25, -0.2) is 31.0 Å². The molecule has 0 aliphatic rings. The molecule has 5 nitrogen and oxygen atoms in total. The molecule has 0 spiro atoms. The summed E-state index contributed by atoms with van der Waals surface area (Å²) in [6.45, 7) is 0. The molecule has 3 aromatic rings. The van der Waals surface area contributed by atoms with E-state index in [1.165, 1.54) is 0 Å². The van der Waals surface area contributed by atoms with Gasteiger partial charge in [-0.2, -0.15) is 0 Å². The molecule has 0 unspecified atom stereocenters. The van der Waals surface area contributed by atoms with Crippen LogP contribution in [0.1, 0.15) is 12.1 Å². The maximum Gasteiger partial charge on any atom is 0.280 e. The minimum absolute atomic E-state index is 0.0201. The third-order valence-corrected chi connectivity index (χ3v) is 4.98. The van der Waals surface area contributed by atoms with Gasteiger partial charge >= 0.3 is 0 Å². The first-order valence-electron chi connectivity index (χ1n) is 6.62. The molecule has 0 aliphatic carbocycles. The van der Waals surface area contributed by atoms with Crippen LogP contribution in [0, 0.1) is 11.6 Å². The van der Waals surface area contributed by atoms with E-state index in [1.54, 1.807) is 0 Å². The molecule has 2 aromatic heterocycles. The van der Waals surface area contributed by atoms with Crippen LogP contribution in [0.4, 0.5) is 23.2 Å². The van der Waals surface area contributed by atoms with Crippen LogP contribution in [-0.4, -0.2) is 18.4 Å². The number of alkyl halides is 2. The summed E-state index contributed by atoms with van der Waals surface area (Å²) in [7, 11) is -4.34. The highest BCUT2D eigenvalue weighted by Gasteiger charge is 2.23. The lowest BCUT2D eigenvalue weighted by atomic mass is 10.3. The number of H-pyrrole nitrogens is 1. The van der Waals surface area contributed by atoms with Crippen LogP contribution in [-0.2, 0) is 10.0 Å². The number of fused-ring (bicyclic) bond motifs is 1. The summed E-state index contributed by atoms with van der Waals surface area (Å²) in [4.78, 5) is 5.71. The Morgan fingerprint density at radius 3 is 2.56 bits per heavy atom. The van der Waals surface area contributed by atoms with E-state index in [-0.39, 0.29) is 15.9 Å². The summed E-state index contributed by atoms with van der Waals surface area (Å²) in [5.74, 6) is -2.09. The summed E-state index contributed by atoms with van der Waals surface area (Å²) >= 11 is 5.41. The molecule has 0 saturated heterocycles. The molecule has 1 aromatic carbocycles. The van der Waals surface area contributed by atoms with Crippen LogP contribution in [0.3, 0.4) is 0 Å². The van der Waals surface area contributed by atoms with Gasteiger partial charge in [0.05, 0.1) is 10.7 Å². The molecule has 0 aliphatic heterocycles.